The number of carbonyl (C=O) groups is 2. The predicted octanol–water partition coefficient (Wildman–Crippen LogP) is 4.07. The summed E-state index contributed by atoms with van der Waals surface area (Å²) in [7, 11) is 0. The van der Waals surface area contributed by atoms with E-state index in [9.17, 15) is 9.59 Å². The number of esters is 2. The lowest BCUT2D eigenvalue weighted by Crippen LogP contribution is -2.54. The van der Waals surface area contributed by atoms with Crippen LogP contribution in [0, 0.1) is 5.41 Å². The standard InChI is InChI=1S/C22H24O4/c1-21(2)25-19(23)22(20(24)26-21,15-13-17-9-5-3-6-10-17)16-14-18-11-7-4-8-12-18/h3-12H,13-16H2,1-2H3. The summed E-state index contributed by atoms with van der Waals surface area (Å²) in [5.74, 6) is -2.17. The average Bonchev–Trinajstić information content (AvgIpc) is 2.62. The number of cyclic esters (lactones) is 2. The fourth-order valence-corrected chi connectivity index (χ4v) is 3.28. The summed E-state index contributed by atoms with van der Waals surface area (Å²) < 4.78 is 10.9. The van der Waals surface area contributed by atoms with Gasteiger partial charge in [0.15, 0.2) is 5.41 Å². The Labute approximate surface area is 154 Å². The maximum atomic E-state index is 12.9. The Morgan fingerprint density at radius 3 is 1.46 bits per heavy atom. The molecule has 0 spiro atoms. The Hall–Kier alpha value is -2.62. The smallest absolute Gasteiger partial charge is 0.326 e. The molecule has 0 saturated carbocycles. The van der Waals surface area contributed by atoms with Gasteiger partial charge in [0, 0.05) is 13.8 Å². The molecule has 1 fully saturated rings. The Balaban J connectivity index is 1.82. The van der Waals surface area contributed by atoms with Gasteiger partial charge in [-0.3, -0.25) is 9.59 Å². The van der Waals surface area contributed by atoms with Crippen molar-refractivity contribution in [1.29, 1.82) is 0 Å². The molecule has 3 rings (SSSR count). The molecular formula is C22H24O4. The van der Waals surface area contributed by atoms with Gasteiger partial charge >= 0.3 is 11.9 Å². The first-order valence-electron chi connectivity index (χ1n) is 8.96. The topological polar surface area (TPSA) is 52.6 Å². The van der Waals surface area contributed by atoms with E-state index in [4.69, 9.17) is 9.47 Å². The number of hydrogen-bond donors (Lipinski definition) is 0. The van der Waals surface area contributed by atoms with Gasteiger partial charge in [-0.2, -0.15) is 0 Å². The van der Waals surface area contributed by atoms with E-state index in [-0.39, 0.29) is 0 Å². The third-order valence-corrected chi connectivity index (χ3v) is 4.83. The molecule has 0 unspecified atom stereocenters. The highest BCUT2D eigenvalue weighted by atomic mass is 16.7. The van der Waals surface area contributed by atoms with E-state index >= 15 is 0 Å². The molecule has 1 saturated heterocycles. The first kappa shape index (κ1) is 18.2. The molecular weight excluding hydrogens is 328 g/mol. The van der Waals surface area contributed by atoms with Crippen LogP contribution in [0.5, 0.6) is 0 Å². The first-order valence-corrected chi connectivity index (χ1v) is 8.96. The molecule has 2 aromatic rings. The zero-order valence-electron chi connectivity index (χ0n) is 15.2. The van der Waals surface area contributed by atoms with Crippen molar-refractivity contribution < 1.29 is 19.1 Å². The molecule has 26 heavy (non-hydrogen) atoms. The zero-order valence-corrected chi connectivity index (χ0v) is 15.2. The molecule has 0 bridgehead atoms. The highest BCUT2D eigenvalue weighted by Crippen LogP contribution is 2.40. The maximum Gasteiger partial charge on any atom is 0.326 e. The van der Waals surface area contributed by atoms with Gasteiger partial charge in [-0.15, -0.1) is 0 Å². The van der Waals surface area contributed by atoms with Crippen LogP contribution in [0.4, 0.5) is 0 Å². The number of benzene rings is 2. The van der Waals surface area contributed by atoms with Gasteiger partial charge in [0.1, 0.15) is 0 Å². The van der Waals surface area contributed by atoms with Crippen molar-refractivity contribution in [3.8, 4) is 0 Å². The molecule has 0 radical (unpaired) electrons. The molecule has 2 aromatic carbocycles. The summed E-state index contributed by atoms with van der Waals surface area (Å²) in [6, 6.07) is 19.7. The van der Waals surface area contributed by atoms with E-state index in [1.807, 2.05) is 60.7 Å². The van der Waals surface area contributed by atoms with Crippen LogP contribution >= 0.6 is 0 Å². The summed E-state index contributed by atoms with van der Waals surface area (Å²) >= 11 is 0. The lowest BCUT2D eigenvalue weighted by Gasteiger charge is -2.40. The highest BCUT2D eigenvalue weighted by Gasteiger charge is 2.55. The molecule has 0 aliphatic carbocycles. The monoisotopic (exact) mass is 352 g/mol. The summed E-state index contributed by atoms with van der Waals surface area (Å²) in [6.45, 7) is 3.17. The minimum Gasteiger partial charge on any atom is -0.422 e. The van der Waals surface area contributed by atoms with Gasteiger partial charge in [0.05, 0.1) is 0 Å². The number of hydrogen-bond acceptors (Lipinski definition) is 4. The molecule has 136 valence electrons. The van der Waals surface area contributed by atoms with Crippen LogP contribution in [0.1, 0.15) is 37.8 Å². The third kappa shape index (κ3) is 3.96. The van der Waals surface area contributed by atoms with Gasteiger partial charge < -0.3 is 9.47 Å². The Bertz CT molecular complexity index is 700. The molecule has 0 aromatic heterocycles. The molecule has 0 atom stereocenters. The van der Waals surface area contributed by atoms with Crippen molar-refractivity contribution in [1.82, 2.24) is 0 Å². The van der Waals surface area contributed by atoms with E-state index in [1.54, 1.807) is 13.8 Å². The van der Waals surface area contributed by atoms with Crippen molar-refractivity contribution in [2.45, 2.75) is 45.3 Å². The molecule has 4 heteroatoms. The summed E-state index contributed by atoms with van der Waals surface area (Å²) in [5.41, 5.74) is 0.898. The van der Waals surface area contributed by atoms with E-state index in [0.717, 1.165) is 11.1 Å². The normalized spacial score (nSPS) is 18.1. The second-order valence-electron chi connectivity index (χ2n) is 7.23. The van der Waals surface area contributed by atoms with Crippen molar-refractivity contribution in [2.24, 2.45) is 5.41 Å². The summed E-state index contributed by atoms with van der Waals surface area (Å²) in [5, 5.41) is 0. The first-order chi connectivity index (χ1) is 12.4. The number of aryl methyl sites for hydroxylation is 2. The van der Waals surface area contributed by atoms with E-state index < -0.39 is 23.1 Å². The van der Waals surface area contributed by atoms with Crippen LogP contribution in [0.25, 0.3) is 0 Å². The summed E-state index contributed by atoms with van der Waals surface area (Å²) in [6.07, 6.45) is 1.97. The second-order valence-corrected chi connectivity index (χ2v) is 7.23. The Kier molecular flexibility index (Phi) is 5.12. The predicted molar refractivity (Wildman–Crippen MR) is 98.2 cm³/mol. The maximum absolute atomic E-state index is 12.9. The number of ether oxygens (including phenoxy) is 2. The van der Waals surface area contributed by atoms with E-state index in [0.29, 0.717) is 25.7 Å². The zero-order chi connectivity index (χ0) is 18.6. The van der Waals surface area contributed by atoms with Crippen molar-refractivity contribution in [3.05, 3.63) is 71.8 Å². The fourth-order valence-electron chi connectivity index (χ4n) is 3.28. The van der Waals surface area contributed by atoms with Gasteiger partial charge in [-0.1, -0.05) is 60.7 Å². The number of rotatable bonds is 6. The Morgan fingerprint density at radius 2 is 1.08 bits per heavy atom. The molecule has 4 nitrogen and oxygen atoms in total. The molecule has 0 N–H and O–H groups in total. The van der Waals surface area contributed by atoms with Gasteiger partial charge in [-0.05, 0) is 36.8 Å². The van der Waals surface area contributed by atoms with Gasteiger partial charge in [0.2, 0.25) is 0 Å². The van der Waals surface area contributed by atoms with E-state index in [2.05, 4.69) is 0 Å². The van der Waals surface area contributed by atoms with E-state index in [1.165, 1.54) is 0 Å². The van der Waals surface area contributed by atoms with Crippen LogP contribution in [0.15, 0.2) is 60.7 Å². The minimum absolute atomic E-state index is 0.373. The highest BCUT2D eigenvalue weighted by molar-refractivity contribution is 6.01. The molecule has 0 amide bonds. The lowest BCUT2D eigenvalue weighted by atomic mass is 9.76. The molecule has 1 aliphatic heterocycles. The Morgan fingerprint density at radius 1 is 0.692 bits per heavy atom. The average molecular weight is 352 g/mol. The molecule has 1 aliphatic rings. The molecule has 1 heterocycles. The third-order valence-electron chi connectivity index (χ3n) is 4.83. The van der Waals surface area contributed by atoms with Crippen LogP contribution < -0.4 is 0 Å². The summed E-state index contributed by atoms with van der Waals surface area (Å²) in [4.78, 5) is 25.7. The SMILES string of the molecule is CC1(C)OC(=O)C(CCc2ccccc2)(CCc2ccccc2)C(=O)O1. The van der Waals surface area contributed by atoms with Crippen molar-refractivity contribution >= 4 is 11.9 Å². The largest absolute Gasteiger partial charge is 0.422 e. The van der Waals surface area contributed by atoms with Crippen LogP contribution in [-0.4, -0.2) is 17.7 Å². The fraction of sp³-hybridized carbons (Fsp3) is 0.364. The van der Waals surface area contributed by atoms with Crippen LogP contribution in [-0.2, 0) is 31.9 Å². The van der Waals surface area contributed by atoms with Crippen molar-refractivity contribution in [3.63, 3.8) is 0 Å². The lowest BCUT2D eigenvalue weighted by molar-refractivity contribution is -0.252. The van der Waals surface area contributed by atoms with Crippen LogP contribution in [0.3, 0.4) is 0 Å². The van der Waals surface area contributed by atoms with Crippen LogP contribution in [0.2, 0.25) is 0 Å². The van der Waals surface area contributed by atoms with Gasteiger partial charge in [-0.25, -0.2) is 0 Å². The van der Waals surface area contributed by atoms with Crippen molar-refractivity contribution in [2.75, 3.05) is 0 Å². The van der Waals surface area contributed by atoms with Gasteiger partial charge in [0.25, 0.3) is 5.79 Å². The quantitative estimate of drug-likeness (QED) is 0.581. The minimum atomic E-state index is -1.26. The second kappa shape index (κ2) is 7.32. The number of carbonyl (C=O) groups excluding carboxylic acids is 2.